The van der Waals surface area contributed by atoms with Crippen molar-refractivity contribution in [1.29, 1.82) is 0 Å². The van der Waals surface area contributed by atoms with Crippen LogP contribution in [-0.2, 0) is 0 Å². The van der Waals surface area contributed by atoms with E-state index in [9.17, 15) is 4.39 Å². The van der Waals surface area contributed by atoms with Gasteiger partial charge in [-0.3, -0.25) is 0 Å². The lowest BCUT2D eigenvalue weighted by molar-refractivity contribution is 0.318. The second-order valence-corrected chi connectivity index (χ2v) is 4.09. The number of hydrogen-bond donors (Lipinski definition) is 2. The monoisotopic (exact) mass is 280 g/mol. The van der Waals surface area contributed by atoms with Gasteiger partial charge in [0.05, 0.1) is 5.02 Å². The number of ether oxygens (including phenoxy) is 1. The topological polar surface area (TPSA) is 67.8 Å². The molecule has 0 unspecified atom stereocenters. The van der Waals surface area contributed by atoms with E-state index in [1.165, 1.54) is 12.1 Å². The third-order valence-electron chi connectivity index (χ3n) is 2.38. The Hall–Kier alpha value is -2.27. The molecule has 2 aromatic rings. The summed E-state index contributed by atoms with van der Waals surface area (Å²) in [5, 5.41) is 11.4. The van der Waals surface area contributed by atoms with E-state index in [-0.39, 0.29) is 10.9 Å². The molecule has 0 aliphatic rings. The molecule has 0 aliphatic heterocycles. The summed E-state index contributed by atoms with van der Waals surface area (Å²) in [5.41, 5.74) is 5.98. The lowest BCUT2D eigenvalue weighted by Crippen LogP contribution is -2.12. The van der Waals surface area contributed by atoms with Gasteiger partial charge in [-0.05, 0) is 36.4 Å². The van der Waals surface area contributed by atoms with E-state index in [2.05, 4.69) is 5.16 Å². The lowest BCUT2D eigenvalue weighted by Gasteiger charge is -2.07. The molecule has 0 fully saturated rings. The number of benzene rings is 2. The smallest absolute Gasteiger partial charge is 0.170 e. The zero-order valence-corrected chi connectivity index (χ0v) is 10.4. The van der Waals surface area contributed by atoms with Crippen molar-refractivity contribution in [2.75, 3.05) is 0 Å². The Bertz CT molecular complexity index is 615. The van der Waals surface area contributed by atoms with Crippen LogP contribution < -0.4 is 10.5 Å². The van der Waals surface area contributed by atoms with Crippen molar-refractivity contribution in [3.05, 3.63) is 58.9 Å². The minimum Gasteiger partial charge on any atom is -0.457 e. The van der Waals surface area contributed by atoms with Crippen LogP contribution in [0.5, 0.6) is 11.5 Å². The van der Waals surface area contributed by atoms with Gasteiger partial charge in [-0.25, -0.2) is 4.39 Å². The number of amidine groups is 1. The highest BCUT2D eigenvalue weighted by atomic mass is 35.5. The highest BCUT2D eigenvalue weighted by molar-refractivity contribution is 6.30. The van der Waals surface area contributed by atoms with Crippen molar-refractivity contribution in [3.63, 3.8) is 0 Å². The van der Waals surface area contributed by atoms with Crippen molar-refractivity contribution >= 4 is 17.4 Å². The van der Waals surface area contributed by atoms with Crippen molar-refractivity contribution in [2.45, 2.75) is 0 Å². The molecule has 2 rings (SSSR count). The quantitative estimate of drug-likeness (QED) is 0.392. The van der Waals surface area contributed by atoms with Crippen molar-refractivity contribution < 1.29 is 14.3 Å². The fourth-order valence-electron chi connectivity index (χ4n) is 1.43. The van der Waals surface area contributed by atoms with Gasteiger partial charge >= 0.3 is 0 Å². The Morgan fingerprint density at radius 2 is 1.79 bits per heavy atom. The molecule has 0 aliphatic carbocycles. The SMILES string of the molecule is N/C(=N/O)c1ccc(Oc2ccc(Cl)c(F)c2)cc1. The molecule has 0 radical (unpaired) electrons. The van der Waals surface area contributed by atoms with Crippen LogP contribution in [0.2, 0.25) is 5.02 Å². The van der Waals surface area contributed by atoms with Crippen LogP contribution in [0.4, 0.5) is 4.39 Å². The van der Waals surface area contributed by atoms with Crippen molar-refractivity contribution in [3.8, 4) is 11.5 Å². The fraction of sp³-hybridized carbons (Fsp3) is 0. The maximum atomic E-state index is 13.2. The van der Waals surface area contributed by atoms with Gasteiger partial charge in [0.2, 0.25) is 0 Å². The van der Waals surface area contributed by atoms with Crippen LogP contribution in [0, 0.1) is 5.82 Å². The number of nitrogens with zero attached hydrogens (tertiary/aromatic N) is 1. The molecular formula is C13H10ClFN2O2. The average molecular weight is 281 g/mol. The summed E-state index contributed by atoms with van der Waals surface area (Å²) in [4.78, 5) is 0. The van der Waals surface area contributed by atoms with Crippen LogP contribution in [0.3, 0.4) is 0 Å². The van der Waals surface area contributed by atoms with E-state index in [0.717, 1.165) is 0 Å². The first-order chi connectivity index (χ1) is 9.10. The number of oxime groups is 1. The molecule has 0 amide bonds. The molecule has 0 aromatic heterocycles. The molecule has 4 nitrogen and oxygen atoms in total. The minimum absolute atomic E-state index is 0.00378. The predicted octanol–water partition coefficient (Wildman–Crippen LogP) is 3.37. The predicted molar refractivity (Wildman–Crippen MR) is 70.4 cm³/mol. The van der Waals surface area contributed by atoms with E-state index < -0.39 is 5.82 Å². The average Bonchev–Trinajstić information content (AvgIpc) is 2.43. The summed E-state index contributed by atoms with van der Waals surface area (Å²) in [7, 11) is 0. The second-order valence-electron chi connectivity index (χ2n) is 3.69. The van der Waals surface area contributed by atoms with E-state index >= 15 is 0 Å². The van der Waals surface area contributed by atoms with Gasteiger partial charge in [-0.15, -0.1) is 0 Å². The van der Waals surface area contributed by atoms with Gasteiger partial charge in [0.25, 0.3) is 0 Å². The zero-order chi connectivity index (χ0) is 13.8. The number of nitrogens with two attached hydrogens (primary N) is 1. The molecular weight excluding hydrogens is 271 g/mol. The van der Waals surface area contributed by atoms with Gasteiger partial charge < -0.3 is 15.7 Å². The van der Waals surface area contributed by atoms with E-state index in [0.29, 0.717) is 17.1 Å². The van der Waals surface area contributed by atoms with Crippen LogP contribution in [-0.4, -0.2) is 11.0 Å². The zero-order valence-electron chi connectivity index (χ0n) is 9.68. The van der Waals surface area contributed by atoms with E-state index in [1.807, 2.05) is 0 Å². The first kappa shape index (κ1) is 13.2. The minimum atomic E-state index is -0.549. The van der Waals surface area contributed by atoms with Crippen LogP contribution in [0.1, 0.15) is 5.56 Å². The molecule has 0 bridgehead atoms. The molecule has 0 spiro atoms. The molecule has 19 heavy (non-hydrogen) atoms. The highest BCUT2D eigenvalue weighted by Crippen LogP contribution is 2.25. The maximum Gasteiger partial charge on any atom is 0.170 e. The Labute approximate surface area is 113 Å². The Morgan fingerprint density at radius 1 is 1.16 bits per heavy atom. The second kappa shape index (κ2) is 5.58. The number of rotatable bonds is 3. The fourth-order valence-corrected chi connectivity index (χ4v) is 1.55. The van der Waals surface area contributed by atoms with Gasteiger partial charge in [0, 0.05) is 11.6 Å². The Morgan fingerprint density at radius 3 is 2.37 bits per heavy atom. The molecule has 2 aromatic carbocycles. The summed E-state index contributed by atoms with van der Waals surface area (Å²) in [6, 6.07) is 10.7. The van der Waals surface area contributed by atoms with Crippen molar-refractivity contribution in [1.82, 2.24) is 0 Å². The van der Waals surface area contributed by atoms with Gasteiger partial charge in [0.1, 0.15) is 17.3 Å². The largest absolute Gasteiger partial charge is 0.457 e. The molecule has 0 heterocycles. The molecule has 0 atom stereocenters. The van der Waals surface area contributed by atoms with Crippen LogP contribution >= 0.6 is 11.6 Å². The number of hydrogen-bond acceptors (Lipinski definition) is 3. The Balaban J connectivity index is 2.17. The standard InChI is InChI=1S/C13H10ClFN2O2/c14-11-6-5-10(7-12(11)15)19-9-3-1-8(2-4-9)13(16)17-18/h1-7,18H,(H2,16,17). The number of halogens is 2. The summed E-state index contributed by atoms with van der Waals surface area (Å²) >= 11 is 5.57. The molecule has 0 saturated heterocycles. The third-order valence-corrected chi connectivity index (χ3v) is 2.69. The van der Waals surface area contributed by atoms with Gasteiger partial charge in [0.15, 0.2) is 5.84 Å². The molecule has 3 N–H and O–H groups in total. The molecule has 0 saturated carbocycles. The first-order valence-corrected chi connectivity index (χ1v) is 5.69. The van der Waals surface area contributed by atoms with Crippen LogP contribution in [0.25, 0.3) is 0 Å². The van der Waals surface area contributed by atoms with Gasteiger partial charge in [-0.2, -0.15) is 0 Å². The summed E-state index contributed by atoms with van der Waals surface area (Å²) in [6.07, 6.45) is 0. The molecule has 6 heteroatoms. The van der Waals surface area contributed by atoms with E-state index in [1.54, 1.807) is 30.3 Å². The molecule has 98 valence electrons. The Kier molecular flexibility index (Phi) is 3.87. The summed E-state index contributed by atoms with van der Waals surface area (Å²) in [5.74, 6) is 0.284. The summed E-state index contributed by atoms with van der Waals surface area (Å²) in [6.45, 7) is 0. The highest BCUT2D eigenvalue weighted by Gasteiger charge is 2.04. The lowest BCUT2D eigenvalue weighted by atomic mass is 10.2. The van der Waals surface area contributed by atoms with E-state index in [4.69, 9.17) is 27.3 Å². The summed E-state index contributed by atoms with van der Waals surface area (Å²) < 4.78 is 18.7. The maximum absolute atomic E-state index is 13.2. The first-order valence-electron chi connectivity index (χ1n) is 5.31. The normalized spacial score (nSPS) is 11.4. The third kappa shape index (κ3) is 3.14. The van der Waals surface area contributed by atoms with Crippen LogP contribution in [0.15, 0.2) is 47.6 Å². The van der Waals surface area contributed by atoms with Gasteiger partial charge in [-0.1, -0.05) is 16.8 Å². The van der Waals surface area contributed by atoms with Crippen molar-refractivity contribution in [2.24, 2.45) is 10.9 Å².